The molecule has 2 heteroatoms. The van der Waals surface area contributed by atoms with Crippen LogP contribution in [0.2, 0.25) is 0 Å². The second-order valence-electron chi connectivity index (χ2n) is 6.36. The first-order valence-electron chi connectivity index (χ1n) is 9.34. The van der Waals surface area contributed by atoms with E-state index in [4.69, 9.17) is 4.42 Å². The smallest absolute Gasteiger partial charge is 0.334 e. The maximum absolute atomic E-state index is 5.05. The Labute approximate surface area is 131 Å². The van der Waals surface area contributed by atoms with E-state index in [1.807, 2.05) is 6.20 Å². The molecule has 0 saturated carbocycles. The minimum atomic E-state index is 1.11. The zero-order valence-electron chi connectivity index (χ0n) is 14.2. The second-order valence-corrected chi connectivity index (χ2v) is 6.36. The summed E-state index contributed by atoms with van der Waals surface area (Å²) in [6, 6.07) is 0. The SMILES string of the molecule is CCCCCCCCCCCCCCCC[n+]1ccoc1. The molecule has 1 rings (SSSR count). The Morgan fingerprint density at radius 3 is 1.57 bits per heavy atom. The Morgan fingerprint density at radius 2 is 1.14 bits per heavy atom. The number of hydrogen-bond donors (Lipinski definition) is 0. The fourth-order valence-corrected chi connectivity index (χ4v) is 2.88. The van der Waals surface area contributed by atoms with E-state index in [2.05, 4.69) is 11.5 Å². The van der Waals surface area contributed by atoms with Gasteiger partial charge in [0.15, 0.2) is 12.8 Å². The van der Waals surface area contributed by atoms with Crippen molar-refractivity contribution < 1.29 is 8.98 Å². The third-order valence-corrected chi connectivity index (χ3v) is 4.30. The van der Waals surface area contributed by atoms with Crippen LogP contribution >= 0.6 is 0 Å². The Morgan fingerprint density at radius 1 is 0.667 bits per heavy atom. The van der Waals surface area contributed by atoms with Crippen molar-refractivity contribution in [2.24, 2.45) is 0 Å². The predicted octanol–water partition coefficient (Wildman–Crippen LogP) is 6.05. The highest BCUT2D eigenvalue weighted by Crippen LogP contribution is 2.12. The molecule has 122 valence electrons. The lowest BCUT2D eigenvalue weighted by molar-refractivity contribution is -0.700. The monoisotopic (exact) mass is 294 g/mol. The molecule has 2 nitrogen and oxygen atoms in total. The lowest BCUT2D eigenvalue weighted by Crippen LogP contribution is -2.29. The van der Waals surface area contributed by atoms with Gasteiger partial charge in [-0.25, -0.2) is 0 Å². The van der Waals surface area contributed by atoms with E-state index < -0.39 is 0 Å². The first kappa shape index (κ1) is 18.3. The molecule has 21 heavy (non-hydrogen) atoms. The van der Waals surface area contributed by atoms with Crippen molar-refractivity contribution in [3.63, 3.8) is 0 Å². The van der Waals surface area contributed by atoms with Crippen LogP contribution in [-0.2, 0) is 6.54 Å². The molecule has 0 aliphatic heterocycles. The van der Waals surface area contributed by atoms with Gasteiger partial charge in [0.25, 0.3) is 0 Å². The highest BCUT2D eigenvalue weighted by atomic mass is 16.3. The Hall–Kier alpha value is -0.790. The van der Waals surface area contributed by atoms with Gasteiger partial charge in [0, 0.05) is 6.42 Å². The molecule has 0 saturated heterocycles. The van der Waals surface area contributed by atoms with Gasteiger partial charge in [0.1, 0.15) is 0 Å². The number of aryl methyl sites for hydroxylation is 1. The zero-order valence-corrected chi connectivity index (χ0v) is 14.2. The molecule has 0 atom stereocenters. The number of nitrogens with zero attached hydrogens (tertiary/aromatic N) is 1. The molecular weight excluding hydrogens is 258 g/mol. The minimum absolute atomic E-state index is 1.11. The zero-order chi connectivity index (χ0) is 15.0. The summed E-state index contributed by atoms with van der Waals surface area (Å²) < 4.78 is 7.17. The van der Waals surface area contributed by atoms with Crippen molar-refractivity contribution in [2.75, 3.05) is 0 Å². The Kier molecular flexibility index (Phi) is 12.3. The first-order valence-corrected chi connectivity index (χ1v) is 9.34. The number of rotatable bonds is 15. The number of oxazole rings is 1. The summed E-state index contributed by atoms with van der Waals surface area (Å²) in [4.78, 5) is 0. The van der Waals surface area contributed by atoms with Crippen molar-refractivity contribution in [3.8, 4) is 0 Å². The van der Waals surface area contributed by atoms with E-state index >= 15 is 0 Å². The van der Waals surface area contributed by atoms with Crippen LogP contribution in [0.1, 0.15) is 96.8 Å². The molecule has 0 aliphatic carbocycles. The van der Waals surface area contributed by atoms with Gasteiger partial charge in [-0.05, 0) is 6.42 Å². The van der Waals surface area contributed by atoms with Gasteiger partial charge < -0.3 is 4.42 Å². The third-order valence-electron chi connectivity index (χ3n) is 4.30. The summed E-state index contributed by atoms with van der Waals surface area (Å²) in [5.74, 6) is 0. The summed E-state index contributed by atoms with van der Waals surface area (Å²) in [6.07, 6.45) is 25.4. The Bertz CT molecular complexity index is 295. The molecule has 0 aromatic carbocycles. The van der Waals surface area contributed by atoms with Gasteiger partial charge in [0.05, 0.1) is 0 Å². The van der Waals surface area contributed by atoms with Crippen molar-refractivity contribution in [3.05, 3.63) is 18.9 Å². The lowest BCUT2D eigenvalue weighted by Gasteiger charge is -2.02. The first-order chi connectivity index (χ1) is 10.4. The van der Waals surface area contributed by atoms with Gasteiger partial charge in [-0.2, -0.15) is 4.57 Å². The van der Waals surface area contributed by atoms with E-state index in [-0.39, 0.29) is 0 Å². The van der Waals surface area contributed by atoms with Gasteiger partial charge in [0.2, 0.25) is 6.20 Å². The molecular formula is C19H36NO+. The van der Waals surface area contributed by atoms with Crippen LogP contribution in [0.25, 0.3) is 0 Å². The number of aromatic nitrogens is 1. The highest BCUT2D eigenvalue weighted by Gasteiger charge is 2.00. The standard InChI is InChI=1S/C19H36NO/c1-2-3-4-5-6-7-8-9-10-11-12-13-14-15-16-20-17-18-21-19-20/h17-19H,2-16H2,1H3/q+1. The van der Waals surface area contributed by atoms with E-state index in [1.54, 1.807) is 12.7 Å². The Balaban J connectivity index is 1.69. The predicted molar refractivity (Wildman–Crippen MR) is 89.2 cm³/mol. The maximum Gasteiger partial charge on any atom is 0.334 e. The molecule has 1 heterocycles. The molecule has 0 amide bonds. The minimum Gasteiger partial charge on any atom is -0.412 e. The van der Waals surface area contributed by atoms with E-state index in [0.717, 1.165) is 6.54 Å². The fourth-order valence-electron chi connectivity index (χ4n) is 2.88. The van der Waals surface area contributed by atoms with E-state index in [0.29, 0.717) is 0 Å². The fraction of sp³-hybridized carbons (Fsp3) is 0.842. The maximum atomic E-state index is 5.05. The lowest BCUT2D eigenvalue weighted by atomic mass is 10.0. The highest BCUT2D eigenvalue weighted by molar-refractivity contribution is 4.49. The van der Waals surface area contributed by atoms with Crippen LogP contribution in [0.15, 0.2) is 23.3 Å². The van der Waals surface area contributed by atoms with Crippen molar-refractivity contribution in [1.82, 2.24) is 0 Å². The van der Waals surface area contributed by atoms with Crippen LogP contribution in [0.5, 0.6) is 0 Å². The second kappa shape index (κ2) is 14.2. The van der Waals surface area contributed by atoms with Crippen molar-refractivity contribution in [1.29, 1.82) is 0 Å². The summed E-state index contributed by atoms with van der Waals surface area (Å²) in [5, 5.41) is 0. The molecule has 1 aromatic heterocycles. The molecule has 1 aromatic rings. The van der Waals surface area contributed by atoms with Gasteiger partial charge in [-0.3, -0.25) is 0 Å². The van der Waals surface area contributed by atoms with Crippen LogP contribution in [0.3, 0.4) is 0 Å². The van der Waals surface area contributed by atoms with E-state index in [9.17, 15) is 0 Å². The van der Waals surface area contributed by atoms with Crippen LogP contribution in [-0.4, -0.2) is 0 Å². The number of unbranched alkanes of at least 4 members (excludes halogenated alkanes) is 13. The largest absolute Gasteiger partial charge is 0.412 e. The molecule has 0 bridgehead atoms. The normalized spacial score (nSPS) is 11.1. The van der Waals surface area contributed by atoms with Gasteiger partial charge in [-0.15, -0.1) is 0 Å². The average molecular weight is 295 g/mol. The molecule has 0 N–H and O–H groups in total. The van der Waals surface area contributed by atoms with Crippen LogP contribution in [0.4, 0.5) is 0 Å². The van der Waals surface area contributed by atoms with Crippen LogP contribution in [0, 0.1) is 0 Å². The van der Waals surface area contributed by atoms with Gasteiger partial charge >= 0.3 is 6.39 Å². The van der Waals surface area contributed by atoms with Crippen molar-refractivity contribution >= 4 is 0 Å². The quantitative estimate of drug-likeness (QED) is 0.284. The summed E-state index contributed by atoms with van der Waals surface area (Å²) in [6.45, 7) is 3.39. The van der Waals surface area contributed by atoms with E-state index in [1.165, 1.54) is 89.9 Å². The number of hydrogen-bond acceptors (Lipinski definition) is 1. The summed E-state index contributed by atoms with van der Waals surface area (Å²) in [7, 11) is 0. The van der Waals surface area contributed by atoms with Gasteiger partial charge in [-0.1, -0.05) is 84.0 Å². The summed E-state index contributed by atoms with van der Waals surface area (Å²) >= 11 is 0. The molecule has 0 aliphatic rings. The molecule has 0 unspecified atom stereocenters. The van der Waals surface area contributed by atoms with Crippen LogP contribution < -0.4 is 4.57 Å². The topological polar surface area (TPSA) is 17.0 Å². The third kappa shape index (κ3) is 11.5. The van der Waals surface area contributed by atoms with Crippen molar-refractivity contribution in [2.45, 2.75) is 103 Å². The summed E-state index contributed by atoms with van der Waals surface area (Å²) in [5.41, 5.74) is 0. The molecule has 0 spiro atoms. The average Bonchev–Trinajstić information content (AvgIpc) is 3.01. The molecule has 0 fully saturated rings. The molecule has 0 radical (unpaired) electrons.